The van der Waals surface area contributed by atoms with Crippen LogP contribution in [0.15, 0.2) is 45.7 Å². The molecule has 4 rings (SSSR count). The maximum absolute atomic E-state index is 5.17. The molecule has 0 bridgehead atoms. The fraction of sp³-hybridized carbons (Fsp3) is 0.0667. The third-order valence-corrected chi connectivity index (χ3v) is 6.71. The number of nitrogens with one attached hydrogen (secondary N) is 1. The number of hydrogen-bond donors (Lipinski definition) is 1. The fourth-order valence-electron chi connectivity index (χ4n) is 2.31. The molecule has 1 aliphatic rings. The van der Waals surface area contributed by atoms with Gasteiger partial charge in [0, 0.05) is 33.4 Å². The van der Waals surface area contributed by atoms with Crippen LogP contribution in [0, 0.1) is 0 Å². The van der Waals surface area contributed by atoms with E-state index in [-0.39, 0.29) is 0 Å². The van der Waals surface area contributed by atoms with Crippen LogP contribution in [0.2, 0.25) is 0 Å². The molecule has 0 spiro atoms. The molecule has 2 aromatic heterocycles. The van der Waals surface area contributed by atoms with Gasteiger partial charge in [-0.3, -0.25) is 0 Å². The van der Waals surface area contributed by atoms with Crippen LogP contribution in [0.3, 0.4) is 0 Å². The van der Waals surface area contributed by atoms with Crippen molar-refractivity contribution >= 4 is 53.7 Å². The van der Waals surface area contributed by atoms with Gasteiger partial charge in [0.15, 0.2) is 0 Å². The molecule has 3 heterocycles. The molecule has 1 aromatic carbocycles. The van der Waals surface area contributed by atoms with Crippen molar-refractivity contribution in [2.45, 2.75) is 0 Å². The summed E-state index contributed by atoms with van der Waals surface area (Å²) in [5.74, 6) is 0. The molecule has 1 aliphatic heterocycles. The molecule has 0 saturated carbocycles. The van der Waals surface area contributed by atoms with Gasteiger partial charge in [0.25, 0.3) is 0 Å². The van der Waals surface area contributed by atoms with Gasteiger partial charge in [-0.25, -0.2) is 10.5 Å². The van der Waals surface area contributed by atoms with Crippen LogP contribution < -0.4 is 5.48 Å². The number of fused-ring (bicyclic) bond motifs is 1. The zero-order chi connectivity index (χ0) is 14.4. The summed E-state index contributed by atoms with van der Waals surface area (Å²) >= 11 is 7.17. The summed E-state index contributed by atoms with van der Waals surface area (Å²) < 4.78 is 3.87. The molecule has 0 fully saturated rings. The minimum Gasteiger partial charge on any atom is -0.240 e. The first-order valence-corrected chi connectivity index (χ1v) is 8.90. The van der Waals surface area contributed by atoms with E-state index in [4.69, 9.17) is 4.94 Å². The highest BCUT2D eigenvalue weighted by Gasteiger charge is 2.13. The minimum absolute atomic E-state index is 0.971. The molecule has 0 amide bonds. The van der Waals surface area contributed by atoms with Crippen LogP contribution in [0.5, 0.6) is 0 Å². The van der Waals surface area contributed by atoms with Gasteiger partial charge in [-0.2, -0.15) is 4.94 Å². The van der Waals surface area contributed by atoms with Crippen molar-refractivity contribution in [3.8, 4) is 11.1 Å². The summed E-state index contributed by atoms with van der Waals surface area (Å²) in [5.41, 5.74) is 7.53. The van der Waals surface area contributed by atoms with Crippen LogP contribution in [0.25, 0.3) is 26.2 Å². The Kier molecular flexibility index (Phi) is 3.26. The Morgan fingerprint density at radius 2 is 1.76 bits per heavy atom. The Bertz CT molecular complexity index is 835. The van der Waals surface area contributed by atoms with Crippen LogP contribution in [-0.4, -0.2) is 12.1 Å². The largest absolute Gasteiger partial charge is 0.240 e. The van der Waals surface area contributed by atoms with Gasteiger partial charge in [-0.1, -0.05) is 24.3 Å². The minimum atomic E-state index is 0.971. The standard InChI is InChI=1S/C15H11BrN2OS2/c1-18-6-13(17-19-18)10-4-2-9(3-5-10)11-7-20-15-12(16)8-21-14(11)15/h2-8,17H,1H3. The van der Waals surface area contributed by atoms with Crippen LogP contribution in [0.4, 0.5) is 0 Å². The van der Waals surface area contributed by atoms with Gasteiger partial charge in [0.05, 0.1) is 21.3 Å². The zero-order valence-electron chi connectivity index (χ0n) is 11.1. The summed E-state index contributed by atoms with van der Waals surface area (Å²) in [5, 5.41) is 6.03. The molecule has 3 aromatic rings. The Labute approximate surface area is 138 Å². The van der Waals surface area contributed by atoms with E-state index in [0.717, 1.165) is 11.3 Å². The molecule has 3 nitrogen and oxygen atoms in total. The third kappa shape index (κ3) is 2.28. The maximum atomic E-state index is 5.17. The Morgan fingerprint density at radius 3 is 2.48 bits per heavy atom. The predicted octanol–water partition coefficient (Wildman–Crippen LogP) is 5.07. The first-order valence-electron chi connectivity index (χ1n) is 6.35. The van der Waals surface area contributed by atoms with E-state index in [2.05, 4.69) is 56.4 Å². The van der Waals surface area contributed by atoms with Gasteiger partial charge < -0.3 is 0 Å². The monoisotopic (exact) mass is 378 g/mol. The van der Waals surface area contributed by atoms with E-state index in [1.165, 1.54) is 25.0 Å². The third-order valence-electron chi connectivity index (χ3n) is 3.36. The van der Waals surface area contributed by atoms with E-state index in [1.54, 1.807) is 27.7 Å². The van der Waals surface area contributed by atoms with Crippen molar-refractivity contribution in [2.24, 2.45) is 0 Å². The van der Waals surface area contributed by atoms with E-state index in [1.807, 2.05) is 13.2 Å². The lowest BCUT2D eigenvalue weighted by Crippen LogP contribution is -2.12. The van der Waals surface area contributed by atoms with E-state index >= 15 is 0 Å². The molecular weight excluding hydrogens is 368 g/mol. The molecule has 6 heteroatoms. The second kappa shape index (κ2) is 5.14. The van der Waals surface area contributed by atoms with Crippen molar-refractivity contribution in [1.29, 1.82) is 0 Å². The summed E-state index contributed by atoms with van der Waals surface area (Å²) in [6.07, 6.45) is 1.92. The molecule has 106 valence electrons. The highest BCUT2D eigenvalue weighted by molar-refractivity contribution is 9.10. The van der Waals surface area contributed by atoms with E-state index in [0.29, 0.717) is 0 Å². The van der Waals surface area contributed by atoms with Crippen LogP contribution in [-0.2, 0) is 4.94 Å². The van der Waals surface area contributed by atoms with E-state index in [9.17, 15) is 0 Å². The summed E-state index contributed by atoms with van der Waals surface area (Å²) in [6.45, 7) is 0. The smallest absolute Gasteiger partial charge is 0.0885 e. The number of halogens is 1. The number of rotatable bonds is 2. The topological polar surface area (TPSA) is 24.5 Å². The van der Waals surface area contributed by atoms with Crippen molar-refractivity contribution in [1.82, 2.24) is 10.5 Å². The van der Waals surface area contributed by atoms with Gasteiger partial charge in [-0.15, -0.1) is 22.7 Å². The highest BCUT2D eigenvalue weighted by Crippen LogP contribution is 2.42. The number of thiophene rings is 2. The molecular formula is C15H11BrN2OS2. The average molecular weight is 379 g/mol. The Balaban J connectivity index is 1.72. The van der Waals surface area contributed by atoms with Crippen molar-refractivity contribution in [3.05, 3.63) is 51.3 Å². The number of nitrogens with zero attached hydrogens (tertiary/aromatic N) is 1. The van der Waals surface area contributed by atoms with Gasteiger partial charge in [0.2, 0.25) is 0 Å². The lowest BCUT2D eigenvalue weighted by Gasteiger charge is -2.04. The molecule has 1 N–H and O–H groups in total. The van der Waals surface area contributed by atoms with Gasteiger partial charge in [0.1, 0.15) is 0 Å². The number of hydroxylamine groups is 3. The molecule has 0 aliphatic carbocycles. The summed E-state index contributed by atoms with van der Waals surface area (Å²) in [4.78, 5) is 5.17. The zero-order valence-corrected chi connectivity index (χ0v) is 14.3. The first kappa shape index (κ1) is 13.3. The molecule has 0 radical (unpaired) electrons. The lowest BCUT2D eigenvalue weighted by atomic mass is 10.1. The lowest BCUT2D eigenvalue weighted by molar-refractivity contribution is -0.121. The van der Waals surface area contributed by atoms with Crippen LogP contribution >= 0.6 is 38.6 Å². The first-order chi connectivity index (χ1) is 10.2. The van der Waals surface area contributed by atoms with Gasteiger partial charge in [-0.05, 0) is 21.5 Å². The number of hydrogen-bond acceptors (Lipinski definition) is 5. The summed E-state index contributed by atoms with van der Waals surface area (Å²) in [6, 6.07) is 8.54. The van der Waals surface area contributed by atoms with Crippen molar-refractivity contribution in [3.63, 3.8) is 0 Å². The normalized spacial score (nSPS) is 14.6. The van der Waals surface area contributed by atoms with Crippen molar-refractivity contribution < 1.29 is 4.94 Å². The SMILES string of the molecule is CN1C=C(c2ccc(-c3csc4c(Br)csc34)cc2)NO1. The van der Waals surface area contributed by atoms with Crippen molar-refractivity contribution in [2.75, 3.05) is 7.05 Å². The summed E-state index contributed by atoms with van der Waals surface area (Å²) in [7, 11) is 1.85. The molecule has 0 atom stereocenters. The van der Waals surface area contributed by atoms with Gasteiger partial charge >= 0.3 is 0 Å². The Hall–Kier alpha value is -1.34. The fourth-order valence-corrected chi connectivity index (χ4v) is 5.38. The molecule has 0 unspecified atom stereocenters. The quantitative estimate of drug-likeness (QED) is 0.673. The molecule has 0 saturated heterocycles. The molecule has 21 heavy (non-hydrogen) atoms. The van der Waals surface area contributed by atoms with E-state index < -0.39 is 0 Å². The maximum Gasteiger partial charge on any atom is 0.0885 e. The average Bonchev–Trinajstić information content (AvgIpc) is 3.18. The predicted molar refractivity (Wildman–Crippen MR) is 92.8 cm³/mol. The van der Waals surface area contributed by atoms with Crippen LogP contribution in [0.1, 0.15) is 5.56 Å². The second-order valence-electron chi connectivity index (χ2n) is 4.75. The second-order valence-corrected chi connectivity index (χ2v) is 7.36. The number of benzene rings is 1. The highest BCUT2D eigenvalue weighted by atomic mass is 79.9. The Morgan fingerprint density at radius 1 is 1.05 bits per heavy atom.